The molecular weight excluding hydrogens is 393 g/mol. The van der Waals surface area contributed by atoms with E-state index in [9.17, 15) is 19.1 Å². The number of aliphatic hydroxyl groups excluding tert-OH is 1. The van der Waals surface area contributed by atoms with Crippen molar-refractivity contribution in [1.82, 2.24) is 14.8 Å². The second-order valence-electron chi connectivity index (χ2n) is 7.35. The molecule has 0 saturated carbocycles. The van der Waals surface area contributed by atoms with Crippen LogP contribution in [0.2, 0.25) is 0 Å². The monoisotopic (exact) mass is 417 g/mol. The smallest absolute Gasteiger partial charge is 0.290 e. The molecule has 3 rings (SSSR count). The molecule has 0 bridgehead atoms. The molecule has 2 heterocycles. The lowest BCUT2D eigenvalue weighted by molar-refractivity contribution is -0.129. The van der Waals surface area contributed by atoms with Crippen molar-refractivity contribution in [3.8, 4) is 0 Å². The average molecular weight is 418 g/mol. The molecule has 1 aromatic carbocycles. The van der Waals surface area contributed by atoms with Gasteiger partial charge < -0.3 is 14.9 Å². The molecule has 0 saturated heterocycles. The zero-order valence-corrected chi connectivity index (χ0v) is 17.7. The molecule has 0 spiro atoms. The molecule has 1 N–H and O–H groups in total. The fraction of sp³-hybridized carbons (Fsp3) is 0.381. The molecule has 0 unspecified atom stereocenters. The molecule has 1 amide bonds. The lowest BCUT2D eigenvalue weighted by Gasteiger charge is -2.27. The van der Waals surface area contributed by atoms with Gasteiger partial charge in [0.25, 0.3) is 5.91 Å². The van der Waals surface area contributed by atoms with Crippen LogP contribution in [0.1, 0.15) is 38.4 Å². The number of thiazole rings is 1. The number of halogens is 1. The fourth-order valence-electron chi connectivity index (χ4n) is 3.56. The number of hydrogen-bond donors (Lipinski definition) is 1. The highest BCUT2D eigenvalue weighted by Crippen LogP contribution is 2.40. The van der Waals surface area contributed by atoms with Gasteiger partial charge in [-0.3, -0.25) is 9.59 Å². The van der Waals surface area contributed by atoms with Crippen molar-refractivity contribution >= 4 is 23.0 Å². The third-order valence-electron chi connectivity index (χ3n) is 4.83. The number of aromatic nitrogens is 1. The molecule has 154 valence electrons. The number of carbonyl (C=O) groups is 2. The molecular formula is C21H24FN3O3S. The summed E-state index contributed by atoms with van der Waals surface area (Å²) in [6.07, 6.45) is 0.651. The predicted molar refractivity (Wildman–Crippen MR) is 110 cm³/mol. The van der Waals surface area contributed by atoms with Crippen molar-refractivity contribution in [3.63, 3.8) is 0 Å². The largest absolute Gasteiger partial charge is 0.503 e. The van der Waals surface area contributed by atoms with Gasteiger partial charge in [0.05, 0.1) is 27.2 Å². The van der Waals surface area contributed by atoms with Crippen LogP contribution < -0.4 is 0 Å². The molecule has 0 fully saturated rings. The predicted octanol–water partition coefficient (Wildman–Crippen LogP) is 3.43. The average Bonchev–Trinajstić information content (AvgIpc) is 3.11. The maximum absolute atomic E-state index is 13.9. The van der Waals surface area contributed by atoms with Gasteiger partial charge in [-0.25, -0.2) is 9.37 Å². The Morgan fingerprint density at radius 2 is 2.07 bits per heavy atom. The Labute approximate surface area is 173 Å². The van der Waals surface area contributed by atoms with Crippen LogP contribution >= 0.6 is 11.3 Å². The molecule has 8 heteroatoms. The van der Waals surface area contributed by atoms with Gasteiger partial charge in [0.2, 0.25) is 5.78 Å². The van der Waals surface area contributed by atoms with Crippen molar-refractivity contribution in [2.45, 2.75) is 26.3 Å². The highest BCUT2D eigenvalue weighted by Gasteiger charge is 2.44. The molecule has 1 aliphatic rings. The highest BCUT2D eigenvalue weighted by molar-refractivity contribution is 7.14. The lowest BCUT2D eigenvalue weighted by atomic mass is 9.95. The van der Waals surface area contributed by atoms with Gasteiger partial charge in [0, 0.05) is 6.54 Å². The summed E-state index contributed by atoms with van der Waals surface area (Å²) in [4.78, 5) is 34.2. The van der Waals surface area contributed by atoms with Crippen LogP contribution in [0, 0.1) is 19.7 Å². The van der Waals surface area contributed by atoms with E-state index in [1.165, 1.54) is 34.4 Å². The number of aryl methyl sites for hydroxylation is 2. The Hall–Kier alpha value is -2.58. The van der Waals surface area contributed by atoms with E-state index < -0.39 is 29.3 Å². The second-order valence-corrected chi connectivity index (χ2v) is 8.55. The van der Waals surface area contributed by atoms with E-state index in [0.717, 1.165) is 11.6 Å². The van der Waals surface area contributed by atoms with E-state index in [1.54, 1.807) is 19.9 Å². The quantitative estimate of drug-likeness (QED) is 0.699. The van der Waals surface area contributed by atoms with Gasteiger partial charge >= 0.3 is 0 Å². The Bertz CT molecular complexity index is 983. The number of ketones is 1. The minimum Gasteiger partial charge on any atom is -0.503 e. The number of benzene rings is 1. The van der Waals surface area contributed by atoms with Crippen LogP contribution in [-0.4, -0.2) is 58.8 Å². The van der Waals surface area contributed by atoms with Crippen molar-refractivity contribution in [2.24, 2.45) is 0 Å². The normalized spacial score (nSPS) is 17.0. The maximum atomic E-state index is 13.9. The van der Waals surface area contributed by atoms with Gasteiger partial charge in [-0.1, -0.05) is 12.1 Å². The molecule has 1 aliphatic heterocycles. The Kier molecular flexibility index (Phi) is 6.14. The van der Waals surface area contributed by atoms with E-state index >= 15 is 0 Å². The summed E-state index contributed by atoms with van der Waals surface area (Å²) in [6, 6.07) is 4.96. The van der Waals surface area contributed by atoms with Gasteiger partial charge in [-0.2, -0.15) is 0 Å². The number of Topliss-reactive ketones (excluding diaryl/α,β-unsaturated/α-hetero) is 1. The first-order valence-corrected chi connectivity index (χ1v) is 10.2. The first-order valence-electron chi connectivity index (χ1n) is 9.33. The Balaban J connectivity index is 2.05. The molecule has 0 aliphatic carbocycles. The minimum absolute atomic E-state index is 0.0165. The zero-order valence-electron chi connectivity index (χ0n) is 16.9. The van der Waals surface area contributed by atoms with Gasteiger partial charge in [0.1, 0.15) is 5.82 Å². The summed E-state index contributed by atoms with van der Waals surface area (Å²) in [5, 5.41) is 11.3. The second kappa shape index (κ2) is 8.42. The maximum Gasteiger partial charge on any atom is 0.290 e. The SMILES string of the molecule is Cc1nc(C)c(C(=O)C2=C(O)C(=O)N(CCCN(C)C)[C@@H]2c2cccc(F)c2)s1. The van der Waals surface area contributed by atoms with E-state index in [0.29, 0.717) is 29.1 Å². The summed E-state index contributed by atoms with van der Waals surface area (Å²) in [6.45, 7) is 4.58. The standard InChI is InChI=1S/C21H24FN3O3S/c1-12-20(29-13(2)23-12)18(26)16-17(14-7-5-8-15(22)11-14)25(21(28)19(16)27)10-6-9-24(3)4/h5,7-8,11,17,27H,6,9-10H2,1-4H3/t17-/m1/s1. The van der Waals surface area contributed by atoms with Gasteiger partial charge in [0.15, 0.2) is 5.76 Å². The van der Waals surface area contributed by atoms with Crippen molar-refractivity contribution < 1.29 is 19.1 Å². The molecule has 29 heavy (non-hydrogen) atoms. The molecule has 2 aromatic rings. The van der Waals surface area contributed by atoms with E-state index in [2.05, 4.69) is 4.98 Å². The summed E-state index contributed by atoms with van der Waals surface area (Å²) < 4.78 is 13.9. The number of hydrogen-bond acceptors (Lipinski definition) is 6. The van der Waals surface area contributed by atoms with Crippen LogP contribution in [-0.2, 0) is 4.79 Å². The molecule has 6 nitrogen and oxygen atoms in total. The van der Waals surface area contributed by atoms with E-state index in [1.807, 2.05) is 19.0 Å². The number of carbonyl (C=O) groups excluding carboxylic acids is 2. The summed E-state index contributed by atoms with van der Waals surface area (Å²) in [7, 11) is 3.85. The van der Waals surface area contributed by atoms with Crippen LogP contribution in [0.15, 0.2) is 35.6 Å². The van der Waals surface area contributed by atoms with Crippen molar-refractivity contribution in [1.29, 1.82) is 0 Å². The first-order chi connectivity index (χ1) is 13.7. The van der Waals surface area contributed by atoms with Crippen molar-refractivity contribution in [3.05, 3.63) is 62.6 Å². The highest BCUT2D eigenvalue weighted by atomic mass is 32.1. The minimum atomic E-state index is -0.838. The Morgan fingerprint density at radius 3 is 2.66 bits per heavy atom. The van der Waals surface area contributed by atoms with Gasteiger partial charge in [-0.05, 0) is 58.6 Å². The summed E-state index contributed by atoms with van der Waals surface area (Å²) in [5.74, 6) is -2.09. The third kappa shape index (κ3) is 4.23. The van der Waals surface area contributed by atoms with Crippen LogP contribution in [0.4, 0.5) is 4.39 Å². The number of rotatable bonds is 7. The first kappa shape index (κ1) is 21.1. The van der Waals surface area contributed by atoms with E-state index in [4.69, 9.17) is 0 Å². The Morgan fingerprint density at radius 1 is 1.34 bits per heavy atom. The van der Waals surface area contributed by atoms with Gasteiger partial charge in [-0.15, -0.1) is 11.3 Å². The summed E-state index contributed by atoms with van der Waals surface area (Å²) in [5.41, 5.74) is 0.987. The summed E-state index contributed by atoms with van der Waals surface area (Å²) >= 11 is 1.22. The number of aliphatic hydroxyl groups is 1. The van der Waals surface area contributed by atoms with Crippen LogP contribution in [0.5, 0.6) is 0 Å². The number of nitrogens with zero attached hydrogens (tertiary/aromatic N) is 3. The topological polar surface area (TPSA) is 73.7 Å². The zero-order chi connectivity index (χ0) is 21.3. The lowest BCUT2D eigenvalue weighted by Crippen LogP contribution is -2.33. The number of amides is 1. The van der Waals surface area contributed by atoms with Crippen LogP contribution in [0.3, 0.4) is 0 Å². The molecule has 1 aromatic heterocycles. The van der Waals surface area contributed by atoms with Crippen LogP contribution in [0.25, 0.3) is 0 Å². The van der Waals surface area contributed by atoms with E-state index in [-0.39, 0.29) is 5.57 Å². The molecule has 1 atom stereocenters. The fourth-order valence-corrected chi connectivity index (χ4v) is 4.44. The van der Waals surface area contributed by atoms with Crippen molar-refractivity contribution in [2.75, 3.05) is 27.2 Å². The molecule has 0 radical (unpaired) electrons. The third-order valence-corrected chi connectivity index (χ3v) is 5.90.